The number of carbonyl (C=O) groups excluding carboxylic acids is 2. The Balaban J connectivity index is 1.37. The molecule has 2 saturated carbocycles. The highest BCUT2D eigenvalue weighted by molar-refractivity contribution is 6.10. The number of aromatic nitrogens is 1. The second-order valence-electron chi connectivity index (χ2n) is 7.39. The molecule has 2 fully saturated rings. The summed E-state index contributed by atoms with van der Waals surface area (Å²) in [7, 11) is 0. The molecule has 3 atom stereocenters. The number of rotatable bonds is 5. The second-order valence-corrected chi connectivity index (χ2v) is 7.39. The van der Waals surface area contributed by atoms with Crippen molar-refractivity contribution in [3.63, 3.8) is 0 Å². The SMILES string of the molecule is Cc1[nH]c2ccccc2c1C(=O)COC(=O)C[C@@H]1C[C@@H]2CC[C@@H]1C2. The number of esters is 1. The van der Waals surface area contributed by atoms with Crippen LogP contribution in [-0.2, 0) is 9.53 Å². The number of carbonyl (C=O) groups is 2. The highest BCUT2D eigenvalue weighted by atomic mass is 16.5. The first-order valence-corrected chi connectivity index (χ1v) is 8.88. The molecule has 2 bridgehead atoms. The Hall–Kier alpha value is -2.10. The zero-order chi connectivity index (χ0) is 16.7. The van der Waals surface area contributed by atoms with E-state index in [0.717, 1.165) is 28.9 Å². The lowest BCUT2D eigenvalue weighted by atomic mass is 9.86. The van der Waals surface area contributed by atoms with E-state index in [1.165, 1.54) is 19.3 Å². The molecular weight excluding hydrogens is 302 g/mol. The van der Waals surface area contributed by atoms with Gasteiger partial charge in [0.25, 0.3) is 0 Å². The van der Waals surface area contributed by atoms with Gasteiger partial charge in [-0.3, -0.25) is 9.59 Å². The van der Waals surface area contributed by atoms with Crippen molar-refractivity contribution in [2.75, 3.05) is 6.61 Å². The van der Waals surface area contributed by atoms with Crippen LogP contribution in [0.4, 0.5) is 0 Å². The highest BCUT2D eigenvalue weighted by Gasteiger charge is 2.40. The van der Waals surface area contributed by atoms with Crippen LogP contribution in [0.2, 0.25) is 0 Å². The van der Waals surface area contributed by atoms with Gasteiger partial charge in [-0.1, -0.05) is 24.6 Å². The Kier molecular flexibility index (Phi) is 3.91. The number of ether oxygens (including phenoxy) is 1. The molecular formula is C20H23NO3. The van der Waals surface area contributed by atoms with Crippen LogP contribution in [0.3, 0.4) is 0 Å². The summed E-state index contributed by atoms with van der Waals surface area (Å²) in [6, 6.07) is 7.71. The van der Waals surface area contributed by atoms with Crippen molar-refractivity contribution >= 4 is 22.7 Å². The molecule has 0 spiro atoms. The molecule has 0 unspecified atom stereocenters. The summed E-state index contributed by atoms with van der Waals surface area (Å²) in [6.07, 6.45) is 5.51. The number of aryl methyl sites for hydroxylation is 1. The van der Waals surface area contributed by atoms with Gasteiger partial charge >= 0.3 is 5.97 Å². The molecule has 2 aliphatic carbocycles. The van der Waals surface area contributed by atoms with Crippen molar-refractivity contribution in [2.24, 2.45) is 17.8 Å². The van der Waals surface area contributed by atoms with E-state index in [1.807, 2.05) is 31.2 Å². The number of hydrogen-bond acceptors (Lipinski definition) is 3. The van der Waals surface area contributed by atoms with Crippen molar-refractivity contribution in [1.29, 1.82) is 0 Å². The van der Waals surface area contributed by atoms with E-state index < -0.39 is 0 Å². The molecule has 2 aliphatic rings. The summed E-state index contributed by atoms with van der Waals surface area (Å²) in [5, 5.41) is 0.893. The normalized spacial score (nSPS) is 25.3. The van der Waals surface area contributed by atoms with Crippen LogP contribution in [-0.4, -0.2) is 23.3 Å². The largest absolute Gasteiger partial charge is 0.457 e. The number of para-hydroxylation sites is 1. The minimum Gasteiger partial charge on any atom is -0.457 e. The fraction of sp³-hybridized carbons (Fsp3) is 0.500. The molecule has 0 aliphatic heterocycles. The van der Waals surface area contributed by atoms with Gasteiger partial charge in [0.1, 0.15) is 0 Å². The second kappa shape index (κ2) is 6.08. The average molecular weight is 325 g/mol. The minimum atomic E-state index is -0.224. The zero-order valence-electron chi connectivity index (χ0n) is 14.0. The fourth-order valence-corrected chi connectivity index (χ4v) is 4.75. The zero-order valence-corrected chi connectivity index (χ0v) is 14.0. The van der Waals surface area contributed by atoms with Crippen LogP contribution in [0.15, 0.2) is 24.3 Å². The lowest BCUT2D eigenvalue weighted by Gasteiger charge is -2.20. The van der Waals surface area contributed by atoms with Crippen LogP contribution in [0.1, 0.15) is 48.2 Å². The van der Waals surface area contributed by atoms with Crippen molar-refractivity contribution in [2.45, 2.75) is 39.0 Å². The number of Topliss-reactive ketones (excluding diaryl/α,β-unsaturated/α-hetero) is 1. The number of H-pyrrole nitrogens is 1. The van der Waals surface area contributed by atoms with Crippen LogP contribution in [0.5, 0.6) is 0 Å². The molecule has 1 heterocycles. The molecule has 1 aromatic carbocycles. The van der Waals surface area contributed by atoms with E-state index >= 15 is 0 Å². The monoisotopic (exact) mass is 325 g/mol. The van der Waals surface area contributed by atoms with Crippen molar-refractivity contribution in [3.05, 3.63) is 35.5 Å². The Morgan fingerprint density at radius 1 is 1.21 bits per heavy atom. The highest BCUT2D eigenvalue weighted by Crippen LogP contribution is 2.49. The summed E-state index contributed by atoms with van der Waals surface area (Å²) in [5.74, 6) is 1.64. The van der Waals surface area contributed by atoms with Crippen LogP contribution < -0.4 is 0 Å². The first kappa shape index (κ1) is 15.4. The lowest BCUT2D eigenvalue weighted by Crippen LogP contribution is -2.20. The number of ketones is 1. The molecule has 24 heavy (non-hydrogen) atoms. The van der Waals surface area contributed by atoms with Crippen molar-refractivity contribution in [3.8, 4) is 0 Å². The molecule has 4 heteroatoms. The van der Waals surface area contributed by atoms with Gasteiger partial charge in [0.05, 0.1) is 0 Å². The number of nitrogens with one attached hydrogen (secondary N) is 1. The number of benzene rings is 1. The Labute approximate surface area is 141 Å². The van der Waals surface area contributed by atoms with E-state index in [2.05, 4.69) is 4.98 Å². The third-order valence-electron chi connectivity index (χ3n) is 5.85. The summed E-state index contributed by atoms with van der Waals surface area (Å²) >= 11 is 0. The lowest BCUT2D eigenvalue weighted by molar-refractivity contribution is -0.144. The van der Waals surface area contributed by atoms with Gasteiger partial charge in [-0.25, -0.2) is 0 Å². The topological polar surface area (TPSA) is 59.2 Å². The maximum atomic E-state index is 12.5. The summed E-state index contributed by atoms with van der Waals surface area (Å²) in [6.45, 7) is 1.71. The van der Waals surface area contributed by atoms with Crippen LogP contribution >= 0.6 is 0 Å². The minimum absolute atomic E-state index is 0.133. The van der Waals surface area contributed by atoms with Gasteiger partial charge in [0.2, 0.25) is 5.78 Å². The predicted octanol–water partition coefficient (Wildman–Crippen LogP) is 4.03. The van der Waals surface area contributed by atoms with Gasteiger partial charge in [0, 0.05) is 28.6 Å². The van der Waals surface area contributed by atoms with E-state index in [1.54, 1.807) is 0 Å². The number of hydrogen-bond donors (Lipinski definition) is 1. The maximum Gasteiger partial charge on any atom is 0.306 e. The van der Waals surface area contributed by atoms with Gasteiger partial charge in [-0.05, 0) is 50.0 Å². The van der Waals surface area contributed by atoms with Crippen molar-refractivity contribution in [1.82, 2.24) is 4.98 Å². The molecule has 0 saturated heterocycles. The van der Waals surface area contributed by atoms with E-state index in [0.29, 0.717) is 23.8 Å². The van der Waals surface area contributed by atoms with Gasteiger partial charge in [0.15, 0.2) is 6.61 Å². The molecule has 1 aromatic heterocycles. The van der Waals surface area contributed by atoms with Crippen LogP contribution in [0.25, 0.3) is 10.9 Å². The summed E-state index contributed by atoms with van der Waals surface area (Å²) in [5.41, 5.74) is 2.40. The van der Waals surface area contributed by atoms with Crippen LogP contribution in [0, 0.1) is 24.7 Å². The maximum absolute atomic E-state index is 12.5. The molecule has 1 N–H and O–H groups in total. The van der Waals surface area contributed by atoms with Crippen molar-refractivity contribution < 1.29 is 14.3 Å². The van der Waals surface area contributed by atoms with E-state index in [4.69, 9.17) is 4.74 Å². The average Bonchev–Trinajstić information content (AvgIpc) is 3.25. The number of fused-ring (bicyclic) bond motifs is 3. The molecule has 4 nitrogen and oxygen atoms in total. The third kappa shape index (κ3) is 2.74. The molecule has 126 valence electrons. The Morgan fingerprint density at radius 2 is 2.04 bits per heavy atom. The van der Waals surface area contributed by atoms with Gasteiger partial charge in [-0.15, -0.1) is 0 Å². The van der Waals surface area contributed by atoms with Gasteiger partial charge < -0.3 is 9.72 Å². The molecule has 2 aromatic rings. The smallest absolute Gasteiger partial charge is 0.306 e. The molecule has 0 radical (unpaired) electrons. The van der Waals surface area contributed by atoms with Gasteiger partial charge in [-0.2, -0.15) is 0 Å². The molecule has 0 amide bonds. The van der Waals surface area contributed by atoms with E-state index in [-0.39, 0.29) is 18.4 Å². The summed E-state index contributed by atoms with van der Waals surface area (Å²) in [4.78, 5) is 27.8. The predicted molar refractivity (Wildman–Crippen MR) is 91.9 cm³/mol. The quantitative estimate of drug-likeness (QED) is 0.667. The fourth-order valence-electron chi connectivity index (χ4n) is 4.75. The number of aromatic amines is 1. The third-order valence-corrected chi connectivity index (χ3v) is 5.85. The summed E-state index contributed by atoms with van der Waals surface area (Å²) < 4.78 is 5.30. The first-order valence-electron chi connectivity index (χ1n) is 8.88. The molecule has 4 rings (SSSR count). The Morgan fingerprint density at radius 3 is 2.79 bits per heavy atom. The van der Waals surface area contributed by atoms with E-state index in [9.17, 15) is 9.59 Å². The first-order chi connectivity index (χ1) is 11.6. The standard InChI is InChI=1S/C20H23NO3/c1-12-20(16-4-2-3-5-17(16)21-12)18(22)11-24-19(23)10-15-9-13-6-7-14(15)8-13/h2-5,13-15,21H,6-11H2,1H3/t13-,14-,15+/m1/s1. The Bertz CT molecular complexity index is 791.